The molecule has 0 bridgehead atoms. The molecule has 2 saturated heterocycles. The minimum atomic E-state index is -0.0891. The maximum atomic E-state index is 12.2. The highest BCUT2D eigenvalue weighted by Gasteiger charge is 2.32. The largest absolute Gasteiger partial charge is 0.378 e. The number of ether oxygens (including phenoxy) is 1. The molecule has 4 heterocycles. The summed E-state index contributed by atoms with van der Waals surface area (Å²) < 4.78 is 7.70. The highest BCUT2D eigenvalue weighted by Crippen LogP contribution is 2.24. The number of aryl methyl sites for hydroxylation is 1. The predicted molar refractivity (Wildman–Crippen MR) is 120 cm³/mol. The lowest BCUT2D eigenvalue weighted by molar-refractivity contribution is -0.0691. The van der Waals surface area contributed by atoms with E-state index in [0.29, 0.717) is 23.6 Å². The molecule has 0 spiro atoms. The molecule has 9 heteroatoms. The van der Waals surface area contributed by atoms with Crippen molar-refractivity contribution in [2.24, 2.45) is 7.05 Å². The van der Waals surface area contributed by atoms with Crippen LogP contribution in [0.15, 0.2) is 39.9 Å². The summed E-state index contributed by atoms with van der Waals surface area (Å²) in [5, 5.41) is 3.12. The maximum Gasteiger partial charge on any atom is 0.274 e. The average Bonchev–Trinajstić information content (AvgIpc) is 2.59. The Morgan fingerprint density at radius 3 is 2.68 bits per heavy atom. The van der Waals surface area contributed by atoms with Gasteiger partial charge in [-0.25, -0.2) is 4.98 Å². The zero-order chi connectivity index (χ0) is 19.0. The summed E-state index contributed by atoms with van der Waals surface area (Å²) in [5.41, 5.74) is 1.52. The molecule has 1 atom stereocenters. The fourth-order valence-corrected chi connectivity index (χ4v) is 4.20. The van der Waals surface area contributed by atoms with Gasteiger partial charge in [-0.1, -0.05) is 0 Å². The lowest BCUT2D eigenvalue weighted by Crippen LogP contribution is -2.59. The summed E-state index contributed by atoms with van der Waals surface area (Å²) in [7, 11) is 1.73. The van der Waals surface area contributed by atoms with E-state index in [9.17, 15) is 4.79 Å². The number of pyridine rings is 2. The van der Waals surface area contributed by atoms with E-state index in [1.54, 1.807) is 19.3 Å². The van der Waals surface area contributed by atoms with E-state index in [1.165, 1.54) is 4.57 Å². The van der Waals surface area contributed by atoms with Gasteiger partial charge in [0.05, 0.1) is 31.1 Å². The van der Waals surface area contributed by atoms with Crippen LogP contribution in [-0.4, -0.2) is 59.4 Å². The van der Waals surface area contributed by atoms with E-state index in [0.717, 1.165) is 43.0 Å². The van der Waals surface area contributed by atoms with Crippen molar-refractivity contribution in [3.8, 4) is 0 Å². The van der Waals surface area contributed by atoms with Crippen LogP contribution in [0, 0.1) is 0 Å². The highest BCUT2D eigenvalue weighted by molar-refractivity contribution is 9.10. The second-order valence-electron chi connectivity index (χ2n) is 7.24. The summed E-state index contributed by atoms with van der Waals surface area (Å²) in [6.07, 6.45) is 3.62. The van der Waals surface area contributed by atoms with Crippen molar-refractivity contribution >= 4 is 46.6 Å². The first-order chi connectivity index (χ1) is 13.0. The molecule has 0 radical (unpaired) electrons. The lowest BCUT2D eigenvalue weighted by Gasteiger charge is -2.46. The Morgan fingerprint density at radius 2 is 2.07 bits per heavy atom. The van der Waals surface area contributed by atoms with E-state index < -0.39 is 0 Å². The molecule has 0 unspecified atom stereocenters. The van der Waals surface area contributed by atoms with E-state index >= 15 is 0 Å². The Balaban J connectivity index is 0.00000225. The molecule has 28 heavy (non-hydrogen) atoms. The fourth-order valence-electron chi connectivity index (χ4n) is 3.66. The number of nitrogens with zero attached hydrogens (tertiary/aromatic N) is 4. The Morgan fingerprint density at radius 1 is 1.29 bits per heavy atom. The Kier molecular flexibility index (Phi) is 6.69. The monoisotopic (exact) mass is 467 g/mol. The summed E-state index contributed by atoms with van der Waals surface area (Å²) in [6.45, 7) is 7.06. The molecule has 2 aliphatic heterocycles. The van der Waals surface area contributed by atoms with Crippen molar-refractivity contribution in [3.05, 3.63) is 45.4 Å². The zero-order valence-corrected chi connectivity index (χ0v) is 18.6. The van der Waals surface area contributed by atoms with Crippen LogP contribution in [0.2, 0.25) is 0 Å². The predicted octanol–water partition coefficient (Wildman–Crippen LogP) is 2.31. The smallest absolute Gasteiger partial charge is 0.274 e. The summed E-state index contributed by atoms with van der Waals surface area (Å²) in [6, 6.07) is 6.78. The lowest BCUT2D eigenvalue weighted by atomic mass is 10.1. The van der Waals surface area contributed by atoms with E-state index in [-0.39, 0.29) is 19.1 Å². The van der Waals surface area contributed by atoms with Crippen LogP contribution >= 0.6 is 29.4 Å². The molecule has 4 rings (SSSR count). The molecule has 0 aliphatic carbocycles. The molecule has 7 nitrogen and oxygen atoms in total. The average molecular weight is 468 g/mol. The van der Waals surface area contributed by atoms with Gasteiger partial charge < -0.3 is 19.5 Å². The number of piperazine rings is 1. The van der Waals surface area contributed by atoms with Crippen molar-refractivity contribution < 1.29 is 4.74 Å². The third kappa shape index (κ3) is 4.37. The normalized spacial score (nSPS) is 20.4. The van der Waals surface area contributed by atoms with Crippen LogP contribution in [0.4, 0.5) is 17.2 Å². The molecule has 1 N–H and O–H groups in total. The number of hydrogen-bond donors (Lipinski definition) is 1. The summed E-state index contributed by atoms with van der Waals surface area (Å²) in [5.74, 6) is 0.659. The fraction of sp³-hybridized carbons (Fsp3) is 0.474. The van der Waals surface area contributed by atoms with Gasteiger partial charge in [0.2, 0.25) is 0 Å². The van der Waals surface area contributed by atoms with Gasteiger partial charge in [-0.2, -0.15) is 13.5 Å². The van der Waals surface area contributed by atoms with Gasteiger partial charge in [-0.3, -0.25) is 9.69 Å². The van der Waals surface area contributed by atoms with Crippen LogP contribution in [0.1, 0.15) is 6.92 Å². The van der Waals surface area contributed by atoms with Crippen LogP contribution in [0.3, 0.4) is 0 Å². The molecule has 0 saturated carbocycles. The topological polar surface area (TPSA) is 62.6 Å². The van der Waals surface area contributed by atoms with Crippen molar-refractivity contribution in [1.29, 1.82) is 0 Å². The van der Waals surface area contributed by atoms with Gasteiger partial charge in [0.15, 0.2) is 0 Å². The number of hydrogen-bond acceptors (Lipinski definition) is 6. The zero-order valence-electron chi connectivity index (χ0n) is 16.1. The number of anilines is 3. The van der Waals surface area contributed by atoms with E-state index in [4.69, 9.17) is 4.74 Å². The molecule has 2 aromatic rings. The standard InChI is InChI=1S/C19H24BrN5O2.H2S/c1-13-9-24(16-11-27-12-16)5-6-25(13)15-3-4-18(21-8-15)22-17-7-14(20)10-23(2)19(17)26;/h3-4,7-8,10,13,16H,5-6,9,11-12H2,1-2H3,(H,21,22);1H2/t13-;/m0./s1. The van der Waals surface area contributed by atoms with Gasteiger partial charge in [0.25, 0.3) is 5.56 Å². The Labute approximate surface area is 180 Å². The molecule has 0 amide bonds. The first-order valence-electron chi connectivity index (χ1n) is 9.19. The van der Waals surface area contributed by atoms with Crippen molar-refractivity contribution in [1.82, 2.24) is 14.5 Å². The summed E-state index contributed by atoms with van der Waals surface area (Å²) >= 11 is 3.42. The van der Waals surface area contributed by atoms with Gasteiger partial charge >= 0.3 is 0 Å². The van der Waals surface area contributed by atoms with Gasteiger partial charge in [0, 0.05) is 43.4 Å². The second kappa shape index (κ2) is 8.86. The van der Waals surface area contributed by atoms with Crippen molar-refractivity contribution in [3.63, 3.8) is 0 Å². The van der Waals surface area contributed by atoms with Crippen LogP contribution < -0.4 is 15.8 Å². The SMILES string of the molecule is C[C@H]1CN(C2COC2)CCN1c1ccc(Nc2cc(Br)cn(C)c2=O)nc1.S. The minimum Gasteiger partial charge on any atom is -0.378 e. The van der Waals surface area contributed by atoms with Gasteiger partial charge in [0.1, 0.15) is 11.5 Å². The maximum absolute atomic E-state index is 12.2. The third-order valence-electron chi connectivity index (χ3n) is 5.29. The van der Waals surface area contributed by atoms with Crippen LogP contribution in [0.5, 0.6) is 0 Å². The Hall–Kier alpha value is -1.55. The van der Waals surface area contributed by atoms with Crippen LogP contribution in [-0.2, 0) is 11.8 Å². The first kappa shape index (κ1) is 21.2. The molecular weight excluding hydrogens is 442 g/mol. The molecule has 2 aliphatic rings. The summed E-state index contributed by atoms with van der Waals surface area (Å²) in [4.78, 5) is 21.7. The number of halogens is 1. The Bertz CT molecular complexity index is 872. The minimum absolute atomic E-state index is 0. The molecule has 0 aromatic carbocycles. The number of nitrogens with one attached hydrogen (secondary N) is 1. The van der Waals surface area contributed by atoms with E-state index in [1.807, 2.05) is 12.3 Å². The first-order valence-corrected chi connectivity index (χ1v) is 9.98. The highest BCUT2D eigenvalue weighted by atomic mass is 79.9. The number of rotatable bonds is 4. The van der Waals surface area contributed by atoms with Crippen LogP contribution in [0.25, 0.3) is 0 Å². The third-order valence-corrected chi connectivity index (χ3v) is 5.72. The molecular formula is C19H26BrN5O2S. The number of aromatic nitrogens is 2. The molecule has 152 valence electrons. The van der Waals surface area contributed by atoms with Gasteiger partial charge in [-0.15, -0.1) is 0 Å². The van der Waals surface area contributed by atoms with Crippen molar-refractivity contribution in [2.45, 2.75) is 19.0 Å². The van der Waals surface area contributed by atoms with Crippen molar-refractivity contribution in [2.75, 3.05) is 43.1 Å². The molecule has 2 aromatic heterocycles. The quantitative estimate of drug-likeness (QED) is 0.744. The molecule has 2 fully saturated rings. The van der Waals surface area contributed by atoms with E-state index in [2.05, 4.69) is 49.0 Å². The second-order valence-corrected chi connectivity index (χ2v) is 8.16. The van der Waals surface area contributed by atoms with Gasteiger partial charge in [-0.05, 0) is 41.1 Å².